The van der Waals surface area contributed by atoms with Crippen LogP contribution in [0, 0.1) is 0 Å². The summed E-state index contributed by atoms with van der Waals surface area (Å²) in [7, 11) is 0. The van der Waals surface area contributed by atoms with Crippen molar-refractivity contribution >= 4 is 0 Å². The minimum Gasteiger partial charge on any atom is -0.507 e. The van der Waals surface area contributed by atoms with Crippen molar-refractivity contribution in [3.05, 3.63) is 54.1 Å². The molecule has 21 heavy (non-hydrogen) atoms. The molecule has 0 aliphatic heterocycles. The number of unbranched alkanes of at least 4 members (excludes halogenated alkanes) is 5. The Bertz CT molecular complexity index is 531. The number of phenols is 1. The molecule has 0 bridgehead atoms. The molecule has 0 aliphatic rings. The third-order valence-corrected chi connectivity index (χ3v) is 3.99. The van der Waals surface area contributed by atoms with Crippen molar-refractivity contribution in [2.45, 2.75) is 51.9 Å². The molecule has 1 N–H and O–H groups in total. The van der Waals surface area contributed by atoms with Gasteiger partial charge in [-0.2, -0.15) is 0 Å². The van der Waals surface area contributed by atoms with Crippen molar-refractivity contribution in [2.75, 3.05) is 0 Å². The van der Waals surface area contributed by atoms with Crippen molar-refractivity contribution in [1.29, 1.82) is 0 Å². The number of benzene rings is 2. The number of phenolic OH excluding ortho intramolecular Hbond substituents is 1. The zero-order chi connectivity index (χ0) is 14.9. The Morgan fingerprint density at radius 3 is 2.24 bits per heavy atom. The highest BCUT2D eigenvalue weighted by molar-refractivity contribution is 5.73. The molecular weight excluding hydrogens is 256 g/mol. The molecule has 0 saturated carbocycles. The summed E-state index contributed by atoms with van der Waals surface area (Å²) in [5.41, 5.74) is 3.37. The van der Waals surface area contributed by atoms with Crippen LogP contribution in [0.5, 0.6) is 5.75 Å². The fraction of sp³-hybridized carbons (Fsp3) is 0.400. The molecule has 0 aliphatic carbocycles. The van der Waals surface area contributed by atoms with Gasteiger partial charge < -0.3 is 5.11 Å². The Morgan fingerprint density at radius 2 is 1.48 bits per heavy atom. The minimum absolute atomic E-state index is 0.393. The van der Waals surface area contributed by atoms with Crippen LogP contribution in [0.4, 0.5) is 0 Å². The lowest BCUT2D eigenvalue weighted by Crippen LogP contribution is -1.92. The first-order valence-corrected chi connectivity index (χ1v) is 8.19. The van der Waals surface area contributed by atoms with Crippen LogP contribution in [0.15, 0.2) is 48.5 Å². The van der Waals surface area contributed by atoms with Crippen LogP contribution in [0.25, 0.3) is 11.1 Å². The van der Waals surface area contributed by atoms with Gasteiger partial charge >= 0.3 is 0 Å². The third-order valence-electron chi connectivity index (χ3n) is 3.99. The molecule has 0 unspecified atom stereocenters. The van der Waals surface area contributed by atoms with E-state index in [0.29, 0.717) is 5.75 Å². The Labute approximate surface area is 128 Å². The summed E-state index contributed by atoms with van der Waals surface area (Å²) in [5.74, 6) is 0.393. The van der Waals surface area contributed by atoms with Crippen molar-refractivity contribution in [2.24, 2.45) is 0 Å². The molecule has 2 rings (SSSR count). The number of aryl methyl sites for hydroxylation is 1. The van der Waals surface area contributed by atoms with Crippen molar-refractivity contribution < 1.29 is 5.11 Å². The normalized spacial score (nSPS) is 10.7. The molecule has 1 heteroatoms. The highest BCUT2D eigenvalue weighted by Crippen LogP contribution is 2.33. The monoisotopic (exact) mass is 282 g/mol. The van der Waals surface area contributed by atoms with Gasteiger partial charge in [-0.05, 0) is 30.0 Å². The second-order valence-electron chi connectivity index (χ2n) is 5.70. The Hall–Kier alpha value is -1.76. The van der Waals surface area contributed by atoms with Crippen LogP contribution in [0.3, 0.4) is 0 Å². The highest BCUT2D eigenvalue weighted by atomic mass is 16.3. The van der Waals surface area contributed by atoms with Gasteiger partial charge in [0.1, 0.15) is 5.75 Å². The van der Waals surface area contributed by atoms with Gasteiger partial charge in [-0.15, -0.1) is 0 Å². The van der Waals surface area contributed by atoms with Gasteiger partial charge in [0.2, 0.25) is 0 Å². The molecule has 0 atom stereocenters. The number of hydrogen-bond acceptors (Lipinski definition) is 1. The number of aromatic hydroxyl groups is 1. The lowest BCUT2D eigenvalue weighted by molar-refractivity contribution is 0.476. The molecule has 0 fully saturated rings. The van der Waals surface area contributed by atoms with Crippen LogP contribution in [-0.2, 0) is 6.42 Å². The second kappa shape index (κ2) is 8.51. The fourth-order valence-corrected chi connectivity index (χ4v) is 2.83. The lowest BCUT2D eigenvalue weighted by Gasteiger charge is -2.12. The predicted molar refractivity (Wildman–Crippen MR) is 90.6 cm³/mol. The van der Waals surface area contributed by atoms with Crippen LogP contribution in [-0.4, -0.2) is 5.11 Å². The molecule has 2 aromatic carbocycles. The molecule has 1 nitrogen and oxygen atoms in total. The molecular formula is C20H26O. The molecule has 2 aromatic rings. The highest BCUT2D eigenvalue weighted by Gasteiger charge is 2.09. The second-order valence-corrected chi connectivity index (χ2v) is 5.70. The minimum atomic E-state index is 0.393. The van der Waals surface area contributed by atoms with Crippen molar-refractivity contribution in [1.82, 2.24) is 0 Å². The quantitative estimate of drug-likeness (QED) is 0.592. The van der Waals surface area contributed by atoms with Crippen LogP contribution in [0.1, 0.15) is 51.0 Å². The van der Waals surface area contributed by atoms with Gasteiger partial charge in [-0.25, -0.2) is 0 Å². The SMILES string of the molecule is CCCCCCCCc1cccc(O)c1-c1ccccc1. The van der Waals surface area contributed by atoms with Gasteiger partial charge in [0.25, 0.3) is 0 Å². The lowest BCUT2D eigenvalue weighted by atomic mass is 9.95. The maximum Gasteiger partial charge on any atom is 0.123 e. The maximum absolute atomic E-state index is 10.2. The summed E-state index contributed by atoms with van der Waals surface area (Å²) in [6.07, 6.45) is 8.85. The average molecular weight is 282 g/mol. The first-order chi connectivity index (χ1) is 10.3. The number of hydrogen-bond donors (Lipinski definition) is 1. The van der Waals surface area contributed by atoms with Gasteiger partial charge in [-0.1, -0.05) is 81.5 Å². The van der Waals surface area contributed by atoms with Crippen LogP contribution in [0.2, 0.25) is 0 Å². The van der Waals surface area contributed by atoms with E-state index in [1.54, 1.807) is 6.07 Å². The molecule has 0 saturated heterocycles. The third kappa shape index (κ3) is 4.63. The van der Waals surface area contributed by atoms with E-state index in [-0.39, 0.29) is 0 Å². The zero-order valence-corrected chi connectivity index (χ0v) is 13.0. The Morgan fingerprint density at radius 1 is 0.762 bits per heavy atom. The first kappa shape index (κ1) is 15.6. The molecule has 112 valence electrons. The molecule has 0 spiro atoms. The van der Waals surface area contributed by atoms with Crippen LogP contribution >= 0.6 is 0 Å². The van der Waals surface area contributed by atoms with E-state index in [9.17, 15) is 5.11 Å². The molecule has 0 radical (unpaired) electrons. The van der Waals surface area contributed by atoms with Gasteiger partial charge in [0, 0.05) is 5.56 Å². The summed E-state index contributed by atoms with van der Waals surface area (Å²) in [6.45, 7) is 2.25. The Balaban J connectivity index is 2.01. The van der Waals surface area contributed by atoms with E-state index in [4.69, 9.17) is 0 Å². The first-order valence-electron chi connectivity index (χ1n) is 8.19. The van der Waals surface area contributed by atoms with E-state index in [1.165, 1.54) is 44.1 Å². The van der Waals surface area contributed by atoms with Gasteiger partial charge in [0.15, 0.2) is 0 Å². The maximum atomic E-state index is 10.2. The fourth-order valence-electron chi connectivity index (χ4n) is 2.83. The molecule has 0 aromatic heterocycles. The predicted octanol–water partition coefficient (Wildman–Crippen LogP) is 5.96. The van der Waals surface area contributed by atoms with Gasteiger partial charge in [-0.3, -0.25) is 0 Å². The number of rotatable bonds is 8. The summed E-state index contributed by atoms with van der Waals surface area (Å²) in [5, 5.41) is 10.2. The Kier molecular flexibility index (Phi) is 6.33. The summed E-state index contributed by atoms with van der Waals surface area (Å²) in [4.78, 5) is 0. The average Bonchev–Trinajstić information content (AvgIpc) is 2.52. The van der Waals surface area contributed by atoms with Crippen molar-refractivity contribution in [3.63, 3.8) is 0 Å². The van der Waals surface area contributed by atoms with E-state index >= 15 is 0 Å². The smallest absolute Gasteiger partial charge is 0.123 e. The zero-order valence-electron chi connectivity index (χ0n) is 13.0. The van der Waals surface area contributed by atoms with E-state index in [2.05, 4.69) is 25.1 Å². The summed E-state index contributed by atoms with van der Waals surface area (Å²) in [6, 6.07) is 16.1. The van der Waals surface area contributed by atoms with Crippen molar-refractivity contribution in [3.8, 4) is 16.9 Å². The van der Waals surface area contributed by atoms with Gasteiger partial charge in [0.05, 0.1) is 0 Å². The molecule has 0 heterocycles. The standard InChI is InChI=1S/C20H26O/c1-2-3-4-5-6-8-12-18-15-11-16-19(21)20(18)17-13-9-7-10-14-17/h7,9-11,13-16,21H,2-6,8,12H2,1H3. The largest absolute Gasteiger partial charge is 0.507 e. The van der Waals surface area contributed by atoms with Crippen LogP contribution < -0.4 is 0 Å². The molecule has 0 amide bonds. The summed E-state index contributed by atoms with van der Waals surface area (Å²) >= 11 is 0. The topological polar surface area (TPSA) is 20.2 Å². The van der Waals surface area contributed by atoms with E-state index in [0.717, 1.165) is 17.5 Å². The van der Waals surface area contributed by atoms with E-state index in [1.807, 2.05) is 24.3 Å². The summed E-state index contributed by atoms with van der Waals surface area (Å²) < 4.78 is 0. The van der Waals surface area contributed by atoms with E-state index < -0.39 is 0 Å².